The fourth-order valence-corrected chi connectivity index (χ4v) is 8.55. The van der Waals surface area contributed by atoms with Crippen molar-refractivity contribution in [3.63, 3.8) is 0 Å². The largest absolute Gasteiger partial charge is 0.789 e. The van der Waals surface area contributed by atoms with Crippen LogP contribution in [0.5, 0.6) is 0 Å². The Labute approximate surface area is 219 Å². The second kappa shape index (κ2) is 27.7. The zero-order valence-electron chi connectivity index (χ0n) is 21.4. The Morgan fingerprint density at radius 3 is 1.10 bits per heavy atom. The predicted molar refractivity (Wildman–Crippen MR) is 151 cm³/mol. The molecule has 0 bridgehead atoms. The summed E-state index contributed by atoms with van der Waals surface area (Å²) in [5, 5.41) is 1.24. The standard InChI is InChI=1S/2C8H17.2C6H12S.Sn/c2*1-3-5-7-8-6-4-2;2*7-6-4-2-1-3-5-6;/h2*1,3-8H2,2H3;2*6-7H,1-5H2;/q;;;;+2/p-2. The summed E-state index contributed by atoms with van der Waals surface area (Å²) in [5.41, 5.74) is 0. The van der Waals surface area contributed by atoms with E-state index in [2.05, 4.69) is 13.8 Å². The van der Waals surface area contributed by atoms with E-state index in [1.165, 1.54) is 128 Å². The zero-order valence-corrected chi connectivity index (χ0v) is 25.9. The Hall–Kier alpha value is 1.50. The fourth-order valence-electron chi connectivity index (χ4n) is 4.32. The van der Waals surface area contributed by atoms with Crippen LogP contribution in [-0.2, 0) is 25.3 Å². The summed E-state index contributed by atoms with van der Waals surface area (Å²) in [7, 11) is 0. The third-order valence-corrected chi connectivity index (χ3v) is 11.5. The van der Waals surface area contributed by atoms with Gasteiger partial charge in [0.15, 0.2) is 0 Å². The molecule has 31 heavy (non-hydrogen) atoms. The summed E-state index contributed by atoms with van der Waals surface area (Å²) in [5.74, 6) is 0. The Bertz CT molecular complexity index is 282. The molecule has 2 aliphatic rings. The predicted octanol–water partition coefficient (Wildman–Crippen LogP) is 9.98. The Morgan fingerprint density at radius 1 is 0.484 bits per heavy atom. The smallest absolute Gasteiger partial charge is 0.0534 e. The molecule has 0 unspecified atom stereocenters. The average molecular weight is 576 g/mol. The maximum Gasteiger partial charge on any atom is -0.0534 e. The summed E-state index contributed by atoms with van der Waals surface area (Å²) in [4.78, 5) is 0. The first-order valence-electron chi connectivity index (χ1n) is 14.2. The van der Waals surface area contributed by atoms with Crippen molar-refractivity contribution in [3.05, 3.63) is 0 Å². The maximum absolute atomic E-state index is 5.09. The summed E-state index contributed by atoms with van der Waals surface area (Å²) < 4.78 is 3.31. The summed E-state index contributed by atoms with van der Waals surface area (Å²) in [6, 6.07) is 0. The van der Waals surface area contributed by atoms with Crippen molar-refractivity contribution in [2.24, 2.45) is 0 Å². The minimum absolute atomic E-state index is 0.0736. The van der Waals surface area contributed by atoms with Crippen molar-refractivity contribution in [2.75, 3.05) is 0 Å². The van der Waals surface area contributed by atoms with Gasteiger partial charge in [-0.05, 0) is 0 Å². The van der Waals surface area contributed by atoms with E-state index in [0.29, 0.717) is 10.5 Å². The van der Waals surface area contributed by atoms with Crippen molar-refractivity contribution in [3.8, 4) is 0 Å². The zero-order chi connectivity index (χ0) is 22.8. The summed E-state index contributed by atoms with van der Waals surface area (Å²) >= 11 is 10.3. The molecule has 0 aromatic heterocycles. The van der Waals surface area contributed by atoms with Gasteiger partial charge in [-0.25, -0.2) is 0 Å². The second-order valence-corrected chi connectivity index (χ2v) is 15.4. The molecule has 0 saturated heterocycles. The fraction of sp³-hybridized carbons (Fsp3) is 1.00. The van der Waals surface area contributed by atoms with Gasteiger partial charge in [-0.2, -0.15) is 10.5 Å². The van der Waals surface area contributed by atoms with Gasteiger partial charge in [-0.1, -0.05) is 64.2 Å². The van der Waals surface area contributed by atoms with E-state index in [0.717, 1.165) is 0 Å². The number of hydrogen-bond donors (Lipinski definition) is 0. The van der Waals surface area contributed by atoms with E-state index in [1.54, 1.807) is 21.7 Å². The molecule has 0 radical (unpaired) electrons. The van der Waals surface area contributed by atoms with E-state index in [9.17, 15) is 0 Å². The van der Waals surface area contributed by atoms with Crippen molar-refractivity contribution < 1.29 is 0 Å². The van der Waals surface area contributed by atoms with Crippen LogP contribution in [0.3, 0.4) is 0 Å². The average Bonchev–Trinajstić information content (AvgIpc) is 2.79. The quantitative estimate of drug-likeness (QED) is 0.115. The number of unbranched alkanes of at least 4 members (excludes halogenated alkanes) is 10. The van der Waals surface area contributed by atoms with Gasteiger partial charge in [-0.3, -0.25) is 0 Å². The van der Waals surface area contributed by atoms with E-state index in [4.69, 9.17) is 25.3 Å². The van der Waals surface area contributed by atoms with Crippen LogP contribution >= 0.6 is 0 Å². The molecule has 2 saturated carbocycles. The molecule has 2 rings (SSSR count). The molecule has 0 heterocycles. The topological polar surface area (TPSA) is 0 Å². The molecule has 0 aromatic rings. The van der Waals surface area contributed by atoms with Crippen molar-refractivity contribution in [1.82, 2.24) is 0 Å². The third-order valence-electron chi connectivity index (χ3n) is 6.52. The molecular weight excluding hydrogens is 519 g/mol. The number of hydrogen-bond acceptors (Lipinski definition) is 2. The molecular formula is C28H56S2Sn. The van der Waals surface area contributed by atoms with Gasteiger partial charge in [0.25, 0.3) is 0 Å². The minimum Gasteiger partial charge on any atom is -0.789 e. The normalized spacial score (nSPS) is 17.2. The van der Waals surface area contributed by atoms with Crippen LogP contribution in [-0.4, -0.2) is 31.6 Å². The van der Waals surface area contributed by atoms with Crippen molar-refractivity contribution in [2.45, 2.75) is 174 Å². The third kappa shape index (κ3) is 27.6. The van der Waals surface area contributed by atoms with Gasteiger partial charge in [-0.15, -0.1) is 0 Å². The van der Waals surface area contributed by atoms with Gasteiger partial charge < -0.3 is 25.3 Å². The molecule has 0 atom stereocenters. The molecule has 0 N–H and O–H groups in total. The van der Waals surface area contributed by atoms with Crippen LogP contribution in [0.4, 0.5) is 0 Å². The van der Waals surface area contributed by atoms with Crippen molar-refractivity contribution in [1.29, 1.82) is 0 Å². The molecule has 0 aromatic carbocycles. The van der Waals surface area contributed by atoms with Gasteiger partial charge in [0.05, 0.1) is 0 Å². The molecule has 0 aliphatic heterocycles. The van der Waals surface area contributed by atoms with E-state index < -0.39 is 0 Å². The molecule has 184 valence electrons. The Morgan fingerprint density at radius 2 is 0.806 bits per heavy atom. The Balaban J connectivity index is 0.000000518. The van der Waals surface area contributed by atoms with Crippen LogP contribution in [0.2, 0.25) is 8.87 Å². The van der Waals surface area contributed by atoms with E-state index in [-0.39, 0.29) is 21.1 Å². The Kier molecular flexibility index (Phi) is 29.1. The summed E-state index contributed by atoms with van der Waals surface area (Å²) in [6.07, 6.45) is 31.4. The number of rotatable bonds is 14. The maximum atomic E-state index is 5.09. The minimum atomic E-state index is 0.0736. The monoisotopic (exact) mass is 576 g/mol. The van der Waals surface area contributed by atoms with Gasteiger partial charge in [0.2, 0.25) is 0 Å². The molecule has 0 nitrogen and oxygen atoms in total. The first-order chi connectivity index (χ1) is 15.2. The molecule has 0 spiro atoms. The van der Waals surface area contributed by atoms with E-state index >= 15 is 0 Å². The van der Waals surface area contributed by atoms with Gasteiger partial charge in [0.1, 0.15) is 0 Å². The van der Waals surface area contributed by atoms with Crippen LogP contribution < -0.4 is 0 Å². The molecule has 2 aliphatic carbocycles. The van der Waals surface area contributed by atoms with E-state index in [1.807, 2.05) is 0 Å². The summed E-state index contributed by atoms with van der Waals surface area (Å²) in [6.45, 7) is 4.60. The van der Waals surface area contributed by atoms with Crippen LogP contribution in [0.25, 0.3) is 0 Å². The van der Waals surface area contributed by atoms with Crippen molar-refractivity contribution >= 4 is 46.4 Å². The molecule has 0 amide bonds. The van der Waals surface area contributed by atoms with Gasteiger partial charge >= 0.3 is 121 Å². The molecule has 3 heteroatoms. The molecule has 2 fully saturated rings. The van der Waals surface area contributed by atoms with Crippen LogP contribution in [0, 0.1) is 0 Å². The van der Waals surface area contributed by atoms with Crippen LogP contribution in [0.15, 0.2) is 0 Å². The first kappa shape index (κ1) is 32.5. The van der Waals surface area contributed by atoms with Gasteiger partial charge in [0, 0.05) is 0 Å². The second-order valence-electron chi connectivity index (χ2n) is 9.81. The first-order valence-corrected chi connectivity index (χ1v) is 19.2. The SMILES string of the molecule is CCCCCCC[CH2][Sn+2][CH2]CCCCCCC.[S-]C1CCCCC1.[S-]C1CCCCC1. The van der Waals surface area contributed by atoms with Crippen LogP contribution in [0.1, 0.15) is 155 Å².